The molecule has 2 fully saturated rings. The molecule has 32 heavy (non-hydrogen) atoms. The van der Waals surface area contributed by atoms with Crippen LogP contribution in [0, 0.1) is 5.92 Å². The zero-order chi connectivity index (χ0) is 22.2. The van der Waals surface area contributed by atoms with Crippen LogP contribution in [0.15, 0.2) is 78.9 Å². The summed E-state index contributed by atoms with van der Waals surface area (Å²) in [6.07, 6.45) is -0.907. The zero-order valence-electron chi connectivity index (χ0n) is 17.4. The van der Waals surface area contributed by atoms with E-state index in [-0.39, 0.29) is 11.8 Å². The average molecular weight is 449 g/mol. The first-order chi connectivity index (χ1) is 15.6. The van der Waals surface area contributed by atoms with Crippen LogP contribution < -0.4 is 14.7 Å². The maximum Gasteiger partial charge on any atom is 0.266 e. The third kappa shape index (κ3) is 3.42. The number of ether oxygens (including phenoxy) is 1. The van der Waals surface area contributed by atoms with Gasteiger partial charge in [0, 0.05) is 5.02 Å². The summed E-state index contributed by atoms with van der Waals surface area (Å²) in [5, 5.41) is 2.27. The highest BCUT2D eigenvalue weighted by Crippen LogP contribution is 2.47. The highest BCUT2D eigenvalue weighted by Gasteiger charge is 2.60. The van der Waals surface area contributed by atoms with Crippen molar-refractivity contribution in [3.8, 4) is 5.75 Å². The number of hydrogen-bond acceptors (Lipinski definition) is 5. The smallest absolute Gasteiger partial charge is 0.266 e. The Morgan fingerprint density at radius 1 is 0.875 bits per heavy atom. The zero-order valence-corrected chi connectivity index (χ0v) is 18.1. The Labute approximate surface area is 190 Å². The minimum Gasteiger partial charge on any atom is -0.494 e. The van der Waals surface area contributed by atoms with Gasteiger partial charge in [0.2, 0.25) is 5.91 Å². The molecule has 5 rings (SSSR count). The number of hydrogen-bond donors (Lipinski definition) is 0. The fraction of sp³-hybridized carbons (Fsp3) is 0.200. The van der Waals surface area contributed by atoms with Crippen LogP contribution in [-0.4, -0.2) is 24.5 Å². The van der Waals surface area contributed by atoms with Crippen LogP contribution in [0.4, 0.5) is 11.4 Å². The van der Waals surface area contributed by atoms with Gasteiger partial charge in [0.25, 0.3) is 5.91 Å². The molecule has 0 bridgehead atoms. The van der Waals surface area contributed by atoms with Crippen molar-refractivity contribution in [2.75, 3.05) is 16.6 Å². The molecular weight excluding hydrogens is 428 g/mol. The molecule has 3 aromatic carbocycles. The van der Waals surface area contributed by atoms with Crippen molar-refractivity contribution in [3.05, 3.63) is 89.4 Å². The van der Waals surface area contributed by atoms with E-state index in [2.05, 4.69) is 0 Å². The summed E-state index contributed by atoms with van der Waals surface area (Å²) >= 11 is 6.09. The number of amides is 2. The lowest BCUT2D eigenvalue weighted by Gasteiger charge is -2.28. The lowest BCUT2D eigenvalue weighted by molar-refractivity contribution is -0.126. The second-order valence-corrected chi connectivity index (χ2v) is 8.08. The third-order valence-corrected chi connectivity index (χ3v) is 6.00. The summed E-state index contributed by atoms with van der Waals surface area (Å²) in [6, 6.07) is 23.2. The summed E-state index contributed by atoms with van der Waals surface area (Å²) in [7, 11) is 0. The molecule has 0 aromatic heterocycles. The second kappa shape index (κ2) is 8.30. The van der Waals surface area contributed by atoms with Crippen LogP contribution in [0.5, 0.6) is 5.75 Å². The fourth-order valence-corrected chi connectivity index (χ4v) is 4.45. The Balaban J connectivity index is 1.53. The van der Waals surface area contributed by atoms with Crippen LogP contribution in [0.25, 0.3) is 0 Å². The summed E-state index contributed by atoms with van der Waals surface area (Å²) < 4.78 is 5.47. The van der Waals surface area contributed by atoms with E-state index in [1.807, 2.05) is 49.4 Å². The molecule has 0 N–H and O–H groups in total. The maximum atomic E-state index is 13.6. The first kappa shape index (κ1) is 20.5. The van der Waals surface area contributed by atoms with E-state index < -0.39 is 18.1 Å². The lowest BCUT2D eigenvalue weighted by Crippen LogP contribution is -2.37. The molecule has 7 heteroatoms. The van der Waals surface area contributed by atoms with Gasteiger partial charge in [-0.2, -0.15) is 0 Å². The van der Waals surface area contributed by atoms with Crippen molar-refractivity contribution in [2.24, 2.45) is 5.92 Å². The number of halogens is 1. The van der Waals surface area contributed by atoms with Gasteiger partial charge >= 0.3 is 0 Å². The summed E-state index contributed by atoms with van der Waals surface area (Å²) in [5.74, 6) is -0.666. The van der Waals surface area contributed by atoms with Crippen molar-refractivity contribution in [1.29, 1.82) is 0 Å². The molecule has 2 saturated heterocycles. The Morgan fingerprint density at radius 3 is 2.22 bits per heavy atom. The number of fused-ring (bicyclic) bond motifs is 1. The molecule has 0 aliphatic carbocycles. The minimum atomic E-state index is -0.907. The summed E-state index contributed by atoms with van der Waals surface area (Å²) in [5.41, 5.74) is 2.12. The monoisotopic (exact) mass is 448 g/mol. The van der Waals surface area contributed by atoms with E-state index in [0.717, 1.165) is 11.3 Å². The van der Waals surface area contributed by atoms with Crippen molar-refractivity contribution in [1.82, 2.24) is 0 Å². The number of carbonyl (C=O) groups excluding carboxylic acids is 2. The van der Waals surface area contributed by atoms with Gasteiger partial charge in [0.15, 0.2) is 6.10 Å². The number of nitrogens with zero attached hydrogens (tertiary/aromatic N) is 2. The van der Waals surface area contributed by atoms with E-state index in [4.69, 9.17) is 21.2 Å². The van der Waals surface area contributed by atoms with Crippen LogP contribution in [-0.2, 0) is 14.4 Å². The predicted octanol–water partition coefficient (Wildman–Crippen LogP) is 4.79. The van der Waals surface area contributed by atoms with Gasteiger partial charge in [0.05, 0.1) is 24.0 Å². The van der Waals surface area contributed by atoms with Gasteiger partial charge in [-0.25, -0.2) is 9.96 Å². The van der Waals surface area contributed by atoms with E-state index in [9.17, 15) is 9.59 Å². The Bertz CT molecular complexity index is 1130. The standard InChI is InChI=1S/C25H21ClN2O4/c1-2-31-20-14-12-18(13-15-20)27-24(29)21-22(16-8-10-17(26)11-9-16)28(32-23(21)25(27)30)19-6-4-3-5-7-19/h3-15,21-23H,2H2,1H3/t21-,22+,23-/m0/s1. The third-order valence-electron chi connectivity index (χ3n) is 5.74. The highest BCUT2D eigenvalue weighted by molar-refractivity contribution is 6.30. The average Bonchev–Trinajstić information content (AvgIpc) is 3.32. The summed E-state index contributed by atoms with van der Waals surface area (Å²) in [6.45, 7) is 2.44. The number of benzene rings is 3. The molecule has 0 saturated carbocycles. The number of para-hydroxylation sites is 1. The lowest BCUT2D eigenvalue weighted by atomic mass is 9.90. The molecule has 3 aromatic rings. The number of anilines is 2. The SMILES string of the molecule is CCOc1ccc(N2C(=O)[C@@H]3[C@H](ON(c4ccccc4)[C@@H]3c3ccc(Cl)cc3)C2=O)cc1. The number of carbonyl (C=O) groups is 2. The predicted molar refractivity (Wildman–Crippen MR) is 122 cm³/mol. The highest BCUT2D eigenvalue weighted by atomic mass is 35.5. The van der Waals surface area contributed by atoms with Crippen molar-refractivity contribution in [3.63, 3.8) is 0 Å². The molecule has 2 heterocycles. The molecule has 0 spiro atoms. The molecular formula is C25H21ClN2O4. The Hall–Kier alpha value is -3.35. The summed E-state index contributed by atoms with van der Waals surface area (Å²) in [4.78, 5) is 34.2. The van der Waals surface area contributed by atoms with Gasteiger partial charge in [-0.15, -0.1) is 0 Å². The quantitative estimate of drug-likeness (QED) is 0.525. The number of rotatable bonds is 5. The van der Waals surface area contributed by atoms with E-state index in [1.165, 1.54) is 4.90 Å². The molecule has 6 nitrogen and oxygen atoms in total. The number of hydroxylamine groups is 1. The first-order valence-corrected chi connectivity index (χ1v) is 10.8. The van der Waals surface area contributed by atoms with Gasteiger partial charge in [-0.05, 0) is 61.0 Å². The fourth-order valence-electron chi connectivity index (χ4n) is 4.32. The van der Waals surface area contributed by atoms with Gasteiger partial charge in [-0.1, -0.05) is 41.9 Å². The Morgan fingerprint density at radius 2 is 1.56 bits per heavy atom. The second-order valence-electron chi connectivity index (χ2n) is 7.65. The van der Waals surface area contributed by atoms with Crippen LogP contribution in [0.2, 0.25) is 5.02 Å². The molecule has 2 aliphatic heterocycles. The number of imide groups is 1. The van der Waals surface area contributed by atoms with Crippen molar-refractivity contribution >= 4 is 34.8 Å². The van der Waals surface area contributed by atoms with E-state index in [0.29, 0.717) is 23.1 Å². The van der Waals surface area contributed by atoms with Crippen LogP contribution in [0.1, 0.15) is 18.5 Å². The maximum absolute atomic E-state index is 13.6. The molecule has 3 atom stereocenters. The molecule has 2 amide bonds. The van der Waals surface area contributed by atoms with Gasteiger partial charge < -0.3 is 4.74 Å². The molecule has 0 radical (unpaired) electrons. The first-order valence-electron chi connectivity index (χ1n) is 10.5. The molecule has 0 unspecified atom stereocenters. The topological polar surface area (TPSA) is 59.1 Å². The van der Waals surface area contributed by atoms with Crippen molar-refractivity contribution in [2.45, 2.75) is 19.1 Å². The van der Waals surface area contributed by atoms with E-state index >= 15 is 0 Å². The molecule has 2 aliphatic rings. The van der Waals surface area contributed by atoms with Crippen LogP contribution >= 0.6 is 11.6 Å². The van der Waals surface area contributed by atoms with Crippen molar-refractivity contribution < 1.29 is 19.2 Å². The minimum absolute atomic E-state index is 0.289. The molecule has 162 valence electrons. The Kier molecular flexibility index (Phi) is 5.33. The largest absolute Gasteiger partial charge is 0.494 e. The van der Waals surface area contributed by atoms with E-state index in [1.54, 1.807) is 41.5 Å². The van der Waals surface area contributed by atoms with Crippen LogP contribution in [0.3, 0.4) is 0 Å². The van der Waals surface area contributed by atoms with Gasteiger partial charge in [0.1, 0.15) is 11.7 Å². The normalized spacial score (nSPS) is 22.4. The van der Waals surface area contributed by atoms with Gasteiger partial charge in [-0.3, -0.25) is 14.4 Å².